The second-order valence-corrected chi connectivity index (χ2v) is 5.02. The van der Waals surface area contributed by atoms with Crippen LogP contribution in [0.15, 0.2) is 29.0 Å². The van der Waals surface area contributed by atoms with Crippen molar-refractivity contribution in [2.75, 3.05) is 26.8 Å². The molecule has 0 atom stereocenters. The van der Waals surface area contributed by atoms with Gasteiger partial charge in [-0.25, -0.2) is 4.98 Å². The third-order valence-electron chi connectivity index (χ3n) is 3.78. The van der Waals surface area contributed by atoms with Gasteiger partial charge in [0.15, 0.2) is 12.0 Å². The molecule has 4 nitrogen and oxygen atoms in total. The van der Waals surface area contributed by atoms with Crippen molar-refractivity contribution in [2.24, 2.45) is 0 Å². The number of nitrogens with zero attached hydrogens (tertiary/aromatic N) is 1. The minimum atomic E-state index is 0.178. The van der Waals surface area contributed by atoms with Gasteiger partial charge in [0.1, 0.15) is 5.52 Å². The highest BCUT2D eigenvalue weighted by atomic mass is 16.5. The van der Waals surface area contributed by atoms with Crippen LogP contribution in [0.4, 0.5) is 0 Å². The summed E-state index contributed by atoms with van der Waals surface area (Å²) in [4.78, 5) is 4.15. The van der Waals surface area contributed by atoms with Crippen LogP contribution in [0.3, 0.4) is 0 Å². The van der Waals surface area contributed by atoms with E-state index in [0.29, 0.717) is 0 Å². The summed E-state index contributed by atoms with van der Waals surface area (Å²) in [7, 11) is 1.99. The van der Waals surface area contributed by atoms with E-state index in [4.69, 9.17) is 9.15 Å². The van der Waals surface area contributed by atoms with Crippen LogP contribution in [-0.4, -0.2) is 31.8 Å². The lowest BCUT2D eigenvalue weighted by Gasteiger charge is -2.42. The van der Waals surface area contributed by atoms with Gasteiger partial charge in [0, 0.05) is 5.41 Å². The number of fused-ring (bicyclic) bond motifs is 1. The van der Waals surface area contributed by atoms with Crippen LogP contribution >= 0.6 is 0 Å². The van der Waals surface area contributed by atoms with E-state index in [1.807, 2.05) is 13.1 Å². The third kappa shape index (κ3) is 1.91. The van der Waals surface area contributed by atoms with E-state index in [1.54, 1.807) is 0 Å². The molecule has 0 aliphatic carbocycles. The molecule has 96 valence electrons. The van der Waals surface area contributed by atoms with E-state index in [0.717, 1.165) is 43.7 Å². The molecular formula is C14H18N2O2. The summed E-state index contributed by atoms with van der Waals surface area (Å²) in [5.41, 5.74) is 3.28. The van der Waals surface area contributed by atoms with Crippen LogP contribution in [0.5, 0.6) is 0 Å². The first-order valence-corrected chi connectivity index (χ1v) is 6.40. The van der Waals surface area contributed by atoms with Crippen LogP contribution in [0.1, 0.15) is 18.4 Å². The molecule has 0 saturated carbocycles. The Labute approximate surface area is 106 Å². The monoisotopic (exact) mass is 246 g/mol. The molecule has 4 heteroatoms. The van der Waals surface area contributed by atoms with Gasteiger partial charge < -0.3 is 14.5 Å². The van der Waals surface area contributed by atoms with Crippen molar-refractivity contribution in [1.82, 2.24) is 10.3 Å². The molecule has 2 heterocycles. The molecule has 0 radical (unpaired) electrons. The maximum atomic E-state index is 5.45. The molecule has 0 unspecified atom stereocenters. The highest BCUT2D eigenvalue weighted by Crippen LogP contribution is 2.37. The van der Waals surface area contributed by atoms with Gasteiger partial charge in [0.25, 0.3) is 0 Å². The minimum Gasteiger partial charge on any atom is -0.443 e. The number of rotatable bonds is 5. The van der Waals surface area contributed by atoms with Gasteiger partial charge in [-0.05, 0) is 44.1 Å². The Balaban J connectivity index is 1.85. The van der Waals surface area contributed by atoms with E-state index >= 15 is 0 Å². The molecule has 2 aromatic rings. The van der Waals surface area contributed by atoms with Crippen molar-refractivity contribution in [2.45, 2.75) is 18.3 Å². The predicted molar refractivity (Wildman–Crippen MR) is 69.7 cm³/mol. The van der Waals surface area contributed by atoms with E-state index in [2.05, 4.69) is 22.4 Å². The van der Waals surface area contributed by atoms with Gasteiger partial charge in [-0.15, -0.1) is 0 Å². The molecule has 3 rings (SSSR count). The normalized spacial score (nSPS) is 17.8. The number of nitrogens with one attached hydrogen (secondary N) is 1. The van der Waals surface area contributed by atoms with Gasteiger partial charge in [-0.3, -0.25) is 0 Å². The smallest absolute Gasteiger partial charge is 0.181 e. The van der Waals surface area contributed by atoms with Crippen molar-refractivity contribution in [3.05, 3.63) is 30.2 Å². The average Bonchev–Trinajstić information content (AvgIpc) is 2.79. The van der Waals surface area contributed by atoms with Crippen molar-refractivity contribution < 1.29 is 9.15 Å². The topological polar surface area (TPSA) is 47.3 Å². The first-order chi connectivity index (χ1) is 8.84. The summed E-state index contributed by atoms with van der Waals surface area (Å²) in [5, 5.41) is 3.20. The molecule has 1 saturated heterocycles. The van der Waals surface area contributed by atoms with Crippen molar-refractivity contribution in [3.8, 4) is 0 Å². The highest BCUT2D eigenvalue weighted by molar-refractivity contribution is 5.73. The van der Waals surface area contributed by atoms with Gasteiger partial charge >= 0.3 is 0 Å². The molecule has 1 aromatic carbocycles. The number of ether oxygens (including phenoxy) is 1. The number of benzene rings is 1. The van der Waals surface area contributed by atoms with Crippen LogP contribution in [0.2, 0.25) is 0 Å². The Kier molecular flexibility index (Phi) is 3.06. The Hall–Kier alpha value is -1.39. The summed E-state index contributed by atoms with van der Waals surface area (Å²) < 4.78 is 10.8. The Bertz CT molecular complexity index is 531. The second-order valence-electron chi connectivity index (χ2n) is 5.02. The SMILES string of the molecule is CNCCCC1(c2ccc3ncoc3c2)COC1. The Morgan fingerprint density at radius 3 is 3.00 bits per heavy atom. The lowest BCUT2D eigenvalue weighted by Crippen LogP contribution is -2.47. The third-order valence-corrected chi connectivity index (χ3v) is 3.78. The molecular weight excluding hydrogens is 228 g/mol. The van der Waals surface area contributed by atoms with Gasteiger partial charge in [-0.2, -0.15) is 0 Å². The summed E-state index contributed by atoms with van der Waals surface area (Å²) in [6.07, 6.45) is 3.81. The number of oxazole rings is 1. The number of aromatic nitrogens is 1. The molecule has 18 heavy (non-hydrogen) atoms. The summed E-state index contributed by atoms with van der Waals surface area (Å²) >= 11 is 0. The van der Waals surface area contributed by atoms with Crippen LogP contribution in [-0.2, 0) is 10.2 Å². The highest BCUT2D eigenvalue weighted by Gasteiger charge is 2.39. The predicted octanol–water partition coefficient (Wildman–Crippen LogP) is 2.10. The molecule has 0 bridgehead atoms. The standard InChI is InChI=1S/C14H18N2O2/c1-15-6-2-5-14(8-17-9-14)11-3-4-12-13(7-11)18-10-16-12/h3-4,7,10,15H,2,5-6,8-9H2,1H3. The Morgan fingerprint density at radius 2 is 2.28 bits per heavy atom. The number of hydrogen-bond acceptors (Lipinski definition) is 4. The molecule has 1 fully saturated rings. The van der Waals surface area contributed by atoms with E-state index in [-0.39, 0.29) is 5.41 Å². The lowest BCUT2D eigenvalue weighted by molar-refractivity contribution is -0.0650. The number of hydrogen-bond donors (Lipinski definition) is 1. The fraction of sp³-hybridized carbons (Fsp3) is 0.500. The fourth-order valence-electron chi connectivity index (χ4n) is 2.59. The molecule has 1 aliphatic rings. The van der Waals surface area contributed by atoms with Gasteiger partial charge in [0.2, 0.25) is 0 Å². The lowest BCUT2D eigenvalue weighted by atomic mass is 9.75. The zero-order valence-corrected chi connectivity index (χ0v) is 10.6. The van der Waals surface area contributed by atoms with Gasteiger partial charge in [0.05, 0.1) is 13.2 Å². The maximum absolute atomic E-state index is 5.45. The summed E-state index contributed by atoms with van der Waals surface area (Å²) in [6.45, 7) is 2.68. The van der Waals surface area contributed by atoms with Crippen LogP contribution < -0.4 is 5.32 Å². The van der Waals surface area contributed by atoms with Crippen molar-refractivity contribution >= 4 is 11.1 Å². The van der Waals surface area contributed by atoms with E-state index < -0.39 is 0 Å². The summed E-state index contributed by atoms with van der Waals surface area (Å²) in [5.74, 6) is 0. The molecule has 1 aliphatic heterocycles. The largest absolute Gasteiger partial charge is 0.443 e. The quantitative estimate of drug-likeness (QED) is 0.821. The minimum absolute atomic E-state index is 0.178. The first-order valence-electron chi connectivity index (χ1n) is 6.40. The van der Waals surface area contributed by atoms with Crippen LogP contribution in [0.25, 0.3) is 11.1 Å². The van der Waals surface area contributed by atoms with E-state index in [9.17, 15) is 0 Å². The first kappa shape index (κ1) is 11.7. The molecule has 0 spiro atoms. The van der Waals surface area contributed by atoms with Crippen LogP contribution in [0, 0.1) is 0 Å². The average molecular weight is 246 g/mol. The molecule has 1 N–H and O–H groups in total. The Morgan fingerprint density at radius 1 is 1.39 bits per heavy atom. The molecule has 0 amide bonds. The summed E-state index contributed by atoms with van der Waals surface area (Å²) in [6, 6.07) is 6.31. The second kappa shape index (κ2) is 4.71. The zero-order chi connectivity index (χ0) is 12.4. The van der Waals surface area contributed by atoms with E-state index in [1.165, 1.54) is 12.0 Å². The molecule has 1 aromatic heterocycles. The zero-order valence-electron chi connectivity index (χ0n) is 10.6. The maximum Gasteiger partial charge on any atom is 0.181 e. The van der Waals surface area contributed by atoms with Crippen molar-refractivity contribution in [3.63, 3.8) is 0 Å². The van der Waals surface area contributed by atoms with Crippen molar-refractivity contribution in [1.29, 1.82) is 0 Å². The van der Waals surface area contributed by atoms with Gasteiger partial charge in [-0.1, -0.05) is 6.07 Å². The fourth-order valence-corrected chi connectivity index (χ4v) is 2.59.